The minimum atomic E-state index is -3.35. The minimum absolute atomic E-state index is 0.323. The molecule has 0 saturated carbocycles. The van der Waals surface area contributed by atoms with Crippen molar-refractivity contribution < 1.29 is 8.42 Å². The Labute approximate surface area is 110 Å². The van der Waals surface area contributed by atoms with Gasteiger partial charge in [-0.05, 0) is 60.8 Å². The monoisotopic (exact) mass is 354 g/mol. The fourth-order valence-corrected chi connectivity index (χ4v) is 3.06. The Morgan fingerprint density at radius 1 is 1.31 bits per heavy atom. The molecule has 4 nitrogen and oxygen atoms in total. The van der Waals surface area contributed by atoms with Crippen molar-refractivity contribution in [3.63, 3.8) is 0 Å². The molecule has 0 heterocycles. The quantitative estimate of drug-likeness (QED) is 0.596. The molecule has 0 radical (unpaired) electrons. The molecule has 0 bridgehead atoms. The molecule has 0 fully saturated rings. The predicted octanol–water partition coefficient (Wildman–Crippen LogP) is 1.18. The van der Waals surface area contributed by atoms with Crippen LogP contribution in [0.4, 0.5) is 0 Å². The maximum absolute atomic E-state index is 11.8. The van der Waals surface area contributed by atoms with Gasteiger partial charge >= 0.3 is 0 Å². The molecule has 0 amide bonds. The first kappa shape index (κ1) is 13.9. The Balaban J connectivity index is 2.64. The van der Waals surface area contributed by atoms with Gasteiger partial charge in [0.15, 0.2) is 0 Å². The van der Waals surface area contributed by atoms with E-state index in [9.17, 15) is 8.42 Å². The highest BCUT2D eigenvalue weighted by atomic mass is 127. The van der Waals surface area contributed by atoms with E-state index in [1.807, 2.05) is 13.1 Å². The highest BCUT2D eigenvalue weighted by Crippen LogP contribution is 2.12. The molecule has 90 valence electrons. The van der Waals surface area contributed by atoms with Crippen LogP contribution < -0.4 is 10.0 Å². The third kappa shape index (κ3) is 4.36. The van der Waals surface area contributed by atoms with E-state index in [1.54, 1.807) is 18.2 Å². The number of rotatable bonds is 6. The smallest absolute Gasteiger partial charge is 0.240 e. The lowest BCUT2D eigenvalue weighted by atomic mass is 10.4. The van der Waals surface area contributed by atoms with Crippen LogP contribution in [-0.2, 0) is 10.0 Å². The van der Waals surface area contributed by atoms with E-state index in [0.29, 0.717) is 11.4 Å². The standard InChI is InChI=1S/C10H15IN2O2S/c1-12-6-3-7-13-16(14,15)10-5-2-4-9(11)8-10/h2,4-5,8,12-13H,3,6-7H2,1H3. The number of hydrogen-bond donors (Lipinski definition) is 2. The van der Waals surface area contributed by atoms with E-state index in [2.05, 4.69) is 32.6 Å². The number of nitrogens with one attached hydrogen (secondary N) is 2. The second-order valence-corrected chi connectivity index (χ2v) is 6.32. The Morgan fingerprint density at radius 3 is 2.69 bits per heavy atom. The van der Waals surface area contributed by atoms with E-state index in [4.69, 9.17) is 0 Å². The van der Waals surface area contributed by atoms with Crippen LogP contribution in [0.15, 0.2) is 29.2 Å². The average molecular weight is 354 g/mol. The predicted molar refractivity (Wildman–Crippen MR) is 72.9 cm³/mol. The van der Waals surface area contributed by atoms with Crippen LogP contribution in [0.3, 0.4) is 0 Å². The lowest BCUT2D eigenvalue weighted by Crippen LogP contribution is -2.26. The summed E-state index contributed by atoms with van der Waals surface area (Å²) in [6.07, 6.45) is 0.777. The summed E-state index contributed by atoms with van der Waals surface area (Å²) in [4.78, 5) is 0.323. The van der Waals surface area contributed by atoms with Crippen LogP contribution in [0.5, 0.6) is 0 Å². The lowest BCUT2D eigenvalue weighted by molar-refractivity contribution is 0.577. The molecule has 1 aromatic carbocycles. The Morgan fingerprint density at radius 2 is 2.06 bits per heavy atom. The van der Waals surface area contributed by atoms with Crippen molar-refractivity contribution in [2.24, 2.45) is 0 Å². The minimum Gasteiger partial charge on any atom is -0.320 e. The van der Waals surface area contributed by atoms with Crippen molar-refractivity contribution in [2.45, 2.75) is 11.3 Å². The van der Waals surface area contributed by atoms with Crippen LogP contribution >= 0.6 is 22.6 Å². The van der Waals surface area contributed by atoms with E-state index in [-0.39, 0.29) is 0 Å². The molecule has 0 aromatic heterocycles. The van der Waals surface area contributed by atoms with Crippen LogP contribution in [0.25, 0.3) is 0 Å². The molecule has 6 heteroatoms. The molecule has 0 atom stereocenters. The summed E-state index contributed by atoms with van der Waals surface area (Å²) >= 11 is 2.09. The fraction of sp³-hybridized carbons (Fsp3) is 0.400. The van der Waals surface area contributed by atoms with Crippen molar-refractivity contribution in [3.8, 4) is 0 Å². The Bertz CT molecular complexity index is 434. The van der Waals surface area contributed by atoms with Gasteiger partial charge in [0.05, 0.1) is 4.90 Å². The molecule has 1 rings (SSSR count). The van der Waals surface area contributed by atoms with Gasteiger partial charge in [-0.3, -0.25) is 0 Å². The summed E-state index contributed by atoms with van der Waals surface area (Å²) in [6, 6.07) is 6.86. The summed E-state index contributed by atoms with van der Waals surface area (Å²) in [7, 11) is -1.50. The van der Waals surface area contributed by atoms with Gasteiger partial charge < -0.3 is 5.32 Å². The molecular weight excluding hydrogens is 339 g/mol. The average Bonchev–Trinajstić information content (AvgIpc) is 2.24. The third-order valence-corrected chi connectivity index (χ3v) is 4.13. The zero-order valence-electron chi connectivity index (χ0n) is 9.03. The van der Waals surface area contributed by atoms with Gasteiger partial charge in [0.25, 0.3) is 0 Å². The lowest BCUT2D eigenvalue weighted by Gasteiger charge is -2.06. The van der Waals surface area contributed by atoms with Crippen molar-refractivity contribution in [3.05, 3.63) is 27.8 Å². The van der Waals surface area contributed by atoms with Crippen molar-refractivity contribution >= 4 is 32.6 Å². The molecule has 0 saturated heterocycles. The van der Waals surface area contributed by atoms with Gasteiger partial charge in [0.1, 0.15) is 0 Å². The number of benzene rings is 1. The number of halogens is 1. The van der Waals surface area contributed by atoms with Crippen LogP contribution in [0.1, 0.15) is 6.42 Å². The van der Waals surface area contributed by atoms with Crippen LogP contribution in [-0.4, -0.2) is 28.6 Å². The summed E-state index contributed by atoms with van der Waals surface area (Å²) in [5.74, 6) is 0. The number of sulfonamides is 1. The van der Waals surface area contributed by atoms with Gasteiger partial charge in [-0.25, -0.2) is 13.1 Å². The van der Waals surface area contributed by atoms with E-state index < -0.39 is 10.0 Å². The zero-order chi connectivity index (χ0) is 12.0. The van der Waals surface area contributed by atoms with Crippen LogP contribution in [0, 0.1) is 3.57 Å². The number of hydrogen-bond acceptors (Lipinski definition) is 3. The summed E-state index contributed by atoms with van der Waals surface area (Å²) in [5.41, 5.74) is 0. The van der Waals surface area contributed by atoms with Gasteiger partial charge in [0, 0.05) is 10.1 Å². The molecule has 2 N–H and O–H groups in total. The topological polar surface area (TPSA) is 58.2 Å². The first-order valence-electron chi connectivity index (χ1n) is 4.96. The SMILES string of the molecule is CNCCCNS(=O)(=O)c1cccc(I)c1. The van der Waals surface area contributed by atoms with Gasteiger partial charge in [-0.1, -0.05) is 6.07 Å². The molecule has 0 aliphatic heterocycles. The van der Waals surface area contributed by atoms with E-state index in [0.717, 1.165) is 16.5 Å². The largest absolute Gasteiger partial charge is 0.320 e. The second-order valence-electron chi connectivity index (χ2n) is 3.31. The summed E-state index contributed by atoms with van der Waals surface area (Å²) in [6.45, 7) is 1.25. The summed E-state index contributed by atoms with van der Waals surface area (Å²) < 4.78 is 27.1. The van der Waals surface area contributed by atoms with Crippen molar-refractivity contribution in [1.82, 2.24) is 10.0 Å². The molecule has 16 heavy (non-hydrogen) atoms. The molecule has 0 aliphatic carbocycles. The fourth-order valence-electron chi connectivity index (χ4n) is 1.19. The summed E-state index contributed by atoms with van der Waals surface area (Å²) in [5, 5.41) is 2.97. The first-order chi connectivity index (χ1) is 7.56. The van der Waals surface area contributed by atoms with Crippen molar-refractivity contribution in [2.75, 3.05) is 20.1 Å². The molecule has 0 unspecified atom stereocenters. The normalized spacial score (nSPS) is 11.6. The molecule has 1 aromatic rings. The van der Waals surface area contributed by atoms with E-state index in [1.165, 1.54) is 0 Å². The molecular formula is C10H15IN2O2S. The van der Waals surface area contributed by atoms with Crippen LogP contribution in [0.2, 0.25) is 0 Å². The van der Waals surface area contributed by atoms with Gasteiger partial charge in [-0.15, -0.1) is 0 Å². The van der Waals surface area contributed by atoms with Gasteiger partial charge in [0.2, 0.25) is 10.0 Å². The first-order valence-corrected chi connectivity index (χ1v) is 7.52. The third-order valence-electron chi connectivity index (χ3n) is 2.00. The highest BCUT2D eigenvalue weighted by molar-refractivity contribution is 14.1. The Kier molecular flexibility index (Phi) is 5.67. The van der Waals surface area contributed by atoms with Gasteiger partial charge in [-0.2, -0.15) is 0 Å². The zero-order valence-corrected chi connectivity index (χ0v) is 12.0. The highest BCUT2D eigenvalue weighted by Gasteiger charge is 2.12. The Hall–Kier alpha value is -0.180. The maximum Gasteiger partial charge on any atom is 0.240 e. The molecule has 0 aliphatic rings. The maximum atomic E-state index is 11.8. The van der Waals surface area contributed by atoms with Crippen molar-refractivity contribution in [1.29, 1.82) is 0 Å². The van der Waals surface area contributed by atoms with E-state index >= 15 is 0 Å². The molecule has 0 spiro atoms. The second kappa shape index (κ2) is 6.53.